The van der Waals surface area contributed by atoms with Crippen molar-refractivity contribution in [3.8, 4) is 10.8 Å². The first-order valence-electron chi connectivity index (χ1n) is 7.25. The highest BCUT2D eigenvalue weighted by Crippen LogP contribution is 2.31. The molecule has 6 heteroatoms. The van der Waals surface area contributed by atoms with E-state index in [4.69, 9.17) is 9.15 Å². The summed E-state index contributed by atoms with van der Waals surface area (Å²) < 4.78 is 11.1. The summed E-state index contributed by atoms with van der Waals surface area (Å²) in [5.74, 6) is 0.726. The number of morpholine rings is 1. The van der Waals surface area contributed by atoms with Crippen LogP contribution in [0.5, 0.6) is 0 Å². The molecule has 2 aliphatic rings. The molecule has 1 aliphatic carbocycles. The van der Waals surface area contributed by atoms with Crippen molar-refractivity contribution >= 4 is 17.2 Å². The first kappa shape index (κ1) is 13.0. The molecular weight excluding hydrogens is 288 g/mol. The molecule has 1 saturated carbocycles. The zero-order valence-electron chi connectivity index (χ0n) is 11.5. The minimum absolute atomic E-state index is 0.0178. The number of carbonyl (C=O) groups excluding carboxylic acids is 1. The maximum Gasteiger partial charge on any atom is 0.273 e. The van der Waals surface area contributed by atoms with Crippen LogP contribution in [-0.4, -0.2) is 41.1 Å². The lowest BCUT2D eigenvalue weighted by Crippen LogP contribution is -2.51. The molecule has 1 saturated heterocycles. The quantitative estimate of drug-likeness (QED) is 0.856. The average molecular weight is 304 g/mol. The normalized spacial score (nSPS) is 25.0. The number of hydrogen-bond acceptors (Lipinski definition) is 5. The standard InChI is InChI=1S/C15H16N2O3S/c18-15(17-6-8-20-12-4-1-3-11(12)17)10-9-21-14(16-10)13-5-2-7-19-13/h2,5,7,9,11-12H,1,3-4,6,8H2/t11-,12+/m0/s1. The van der Waals surface area contributed by atoms with E-state index in [1.807, 2.05) is 22.4 Å². The van der Waals surface area contributed by atoms with E-state index in [-0.39, 0.29) is 18.1 Å². The molecule has 1 aliphatic heterocycles. The van der Waals surface area contributed by atoms with E-state index in [0.717, 1.165) is 24.3 Å². The first-order chi connectivity index (χ1) is 10.3. The van der Waals surface area contributed by atoms with Crippen LogP contribution < -0.4 is 0 Å². The minimum atomic E-state index is 0.0178. The van der Waals surface area contributed by atoms with Crippen molar-refractivity contribution in [3.63, 3.8) is 0 Å². The van der Waals surface area contributed by atoms with Gasteiger partial charge in [-0.3, -0.25) is 4.79 Å². The van der Waals surface area contributed by atoms with Crippen molar-refractivity contribution in [1.82, 2.24) is 9.88 Å². The van der Waals surface area contributed by atoms with E-state index in [9.17, 15) is 4.79 Å². The van der Waals surface area contributed by atoms with Crippen molar-refractivity contribution in [2.24, 2.45) is 0 Å². The van der Waals surface area contributed by atoms with Gasteiger partial charge in [0.25, 0.3) is 5.91 Å². The number of amides is 1. The summed E-state index contributed by atoms with van der Waals surface area (Å²) in [6.07, 6.45) is 5.05. The number of hydrogen-bond donors (Lipinski definition) is 0. The second-order valence-corrected chi connectivity index (χ2v) is 6.28. The predicted molar refractivity (Wildman–Crippen MR) is 78.2 cm³/mol. The van der Waals surface area contributed by atoms with Crippen molar-refractivity contribution in [3.05, 3.63) is 29.5 Å². The molecule has 21 heavy (non-hydrogen) atoms. The molecule has 3 heterocycles. The molecule has 2 aromatic heterocycles. The van der Waals surface area contributed by atoms with Gasteiger partial charge < -0.3 is 14.1 Å². The van der Waals surface area contributed by atoms with E-state index in [2.05, 4.69) is 4.98 Å². The van der Waals surface area contributed by atoms with Gasteiger partial charge in [0.05, 0.1) is 25.0 Å². The third-order valence-electron chi connectivity index (χ3n) is 4.20. The topological polar surface area (TPSA) is 55.6 Å². The van der Waals surface area contributed by atoms with Gasteiger partial charge in [0.15, 0.2) is 10.8 Å². The highest BCUT2D eigenvalue weighted by molar-refractivity contribution is 7.13. The fourth-order valence-electron chi connectivity index (χ4n) is 3.21. The number of fused-ring (bicyclic) bond motifs is 1. The minimum Gasteiger partial charge on any atom is -0.462 e. The summed E-state index contributed by atoms with van der Waals surface area (Å²) >= 11 is 1.44. The summed E-state index contributed by atoms with van der Waals surface area (Å²) in [5, 5.41) is 2.57. The van der Waals surface area contributed by atoms with Crippen molar-refractivity contribution in [1.29, 1.82) is 0 Å². The summed E-state index contributed by atoms with van der Waals surface area (Å²) in [6.45, 7) is 1.29. The molecule has 2 fully saturated rings. The molecule has 2 atom stereocenters. The van der Waals surface area contributed by atoms with Crippen LogP contribution in [0.25, 0.3) is 10.8 Å². The Morgan fingerprint density at radius 2 is 2.38 bits per heavy atom. The Morgan fingerprint density at radius 3 is 3.24 bits per heavy atom. The lowest BCUT2D eigenvalue weighted by atomic mass is 10.1. The van der Waals surface area contributed by atoms with Crippen molar-refractivity contribution < 1.29 is 13.9 Å². The zero-order valence-corrected chi connectivity index (χ0v) is 12.3. The lowest BCUT2D eigenvalue weighted by molar-refractivity contribution is -0.0447. The highest BCUT2D eigenvalue weighted by Gasteiger charge is 2.39. The predicted octanol–water partition coefficient (Wildman–Crippen LogP) is 2.80. The Bertz CT molecular complexity index is 637. The van der Waals surface area contributed by atoms with Crippen molar-refractivity contribution in [2.45, 2.75) is 31.4 Å². The summed E-state index contributed by atoms with van der Waals surface area (Å²) in [6, 6.07) is 3.90. The molecule has 5 nitrogen and oxygen atoms in total. The largest absolute Gasteiger partial charge is 0.462 e. The van der Waals surface area contributed by atoms with Gasteiger partial charge in [0, 0.05) is 11.9 Å². The number of rotatable bonds is 2. The molecule has 4 rings (SSSR count). The van der Waals surface area contributed by atoms with Crippen molar-refractivity contribution in [2.75, 3.05) is 13.2 Å². The number of thiazole rings is 1. The smallest absolute Gasteiger partial charge is 0.273 e. The second kappa shape index (κ2) is 5.27. The molecule has 0 spiro atoms. The Balaban J connectivity index is 1.57. The maximum absolute atomic E-state index is 12.7. The fourth-order valence-corrected chi connectivity index (χ4v) is 3.97. The van der Waals surface area contributed by atoms with Crippen LogP contribution in [0.4, 0.5) is 0 Å². The Labute approximate surface area is 126 Å². The van der Waals surface area contributed by atoms with Crippen LogP contribution in [0.2, 0.25) is 0 Å². The van der Waals surface area contributed by atoms with Crippen LogP contribution in [-0.2, 0) is 4.74 Å². The van der Waals surface area contributed by atoms with E-state index in [1.54, 1.807) is 6.26 Å². The van der Waals surface area contributed by atoms with Crippen LogP contribution >= 0.6 is 11.3 Å². The van der Waals surface area contributed by atoms with Gasteiger partial charge >= 0.3 is 0 Å². The molecule has 1 amide bonds. The third-order valence-corrected chi connectivity index (χ3v) is 5.06. The van der Waals surface area contributed by atoms with E-state index in [1.165, 1.54) is 11.3 Å². The second-order valence-electron chi connectivity index (χ2n) is 5.42. The highest BCUT2D eigenvalue weighted by atomic mass is 32.1. The van der Waals surface area contributed by atoms with Gasteiger partial charge in [-0.2, -0.15) is 0 Å². The average Bonchev–Trinajstić information content (AvgIpc) is 3.23. The van der Waals surface area contributed by atoms with E-state index in [0.29, 0.717) is 24.6 Å². The maximum atomic E-state index is 12.7. The van der Waals surface area contributed by atoms with Gasteiger partial charge in [0.2, 0.25) is 0 Å². The number of nitrogens with zero attached hydrogens (tertiary/aromatic N) is 2. The molecule has 0 N–H and O–H groups in total. The summed E-state index contributed by atoms with van der Waals surface area (Å²) in [4.78, 5) is 19.1. The van der Waals surface area contributed by atoms with Crippen LogP contribution in [0, 0.1) is 0 Å². The van der Waals surface area contributed by atoms with E-state index < -0.39 is 0 Å². The number of ether oxygens (including phenoxy) is 1. The zero-order chi connectivity index (χ0) is 14.2. The molecule has 110 valence electrons. The van der Waals surface area contributed by atoms with E-state index >= 15 is 0 Å². The molecular formula is C15H16N2O3S. The van der Waals surface area contributed by atoms with Gasteiger partial charge in [-0.1, -0.05) is 0 Å². The summed E-state index contributed by atoms with van der Waals surface area (Å²) in [7, 11) is 0. The van der Waals surface area contributed by atoms with Crippen LogP contribution in [0.1, 0.15) is 29.8 Å². The summed E-state index contributed by atoms with van der Waals surface area (Å²) in [5.41, 5.74) is 0.513. The third kappa shape index (κ3) is 2.28. The molecule has 0 unspecified atom stereocenters. The van der Waals surface area contributed by atoms with Gasteiger partial charge in [-0.15, -0.1) is 11.3 Å². The monoisotopic (exact) mass is 304 g/mol. The van der Waals surface area contributed by atoms with Crippen LogP contribution in [0.15, 0.2) is 28.2 Å². The van der Waals surface area contributed by atoms with Gasteiger partial charge in [-0.25, -0.2) is 4.98 Å². The molecule has 0 radical (unpaired) electrons. The number of furan rings is 1. The first-order valence-corrected chi connectivity index (χ1v) is 8.13. The molecule has 0 bridgehead atoms. The van der Waals surface area contributed by atoms with Gasteiger partial charge in [-0.05, 0) is 31.4 Å². The Kier molecular flexibility index (Phi) is 3.27. The number of aromatic nitrogens is 1. The SMILES string of the molecule is O=C(c1csc(-c2ccco2)n1)N1CCO[C@@H]2CCC[C@@H]21. The van der Waals surface area contributed by atoms with Crippen LogP contribution in [0.3, 0.4) is 0 Å². The Morgan fingerprint density at radius 1 is 1.43 bits per heavy atom. The lowest BCUT2D eigenvalue weighted by Gasteiger charge is -2.37. The Hall–Kier alpha value is -1.66. The number of carbonyl (C=O) groups is 1. The van der Waals surface area contributed by atoms with Gasteiger partial charge in [0.1, 0.15) is 5.69 Å². The fraction of sp³-hybridized carbons (Fsp3) is 0.467. The molecule has 2 aromatic rings. The molecule has 0 aromatic carbocycles.